The quantitative estimate of drug-likeness (QED) is 0.839. The first kappa shape index (κ1) is 13.8. The van der Waals surface area contributed by atoms with Gasteiger partial charge in [-0.3, -0.25) is 0 Å². The summed E-state index contributed by atoms with van der Waals surface area (Å²) in [5, 5.41) is 22.8. The van der Waals surface area contributed by atoms with E-state index in [9.17, 15) is 5.11 Å². The highest BCUT2D eigenvalue weighted by molar-refractivity contribution is 7.99. The Morgan fingerprint density at radius 2 is 2.33 bits per heavy atom. The van der Waals surface area contributed by atoms with E-state index in [0.29, 0.717) is 5.25 Å². The van der Waals surface area contributed by atoms with Crippen molar-refractivity contribution in [2.24, 2.45) is 7.05 Å². The van der Waals surface area contributed by atoms with Crippen molar-refractivity contribution in [2.75, 3.05) is 13.2 Å². The highest BCUT2D eigenvalue weighted by Crippen LogP contribution is 2.39. The molecule has 1 aromatic heterocycles. The van der Waals surface area contributed by atoms with Gasteiger partial charge in [0, 0.05) is 17.8 Å². The Bertz CT molecular complexity index is 409. The maximum Gasteiger partial charge on any atom is 0.191 e. The van der Waals surface area contributed by atoms with Crippen LogP contribution < -0.4 is 5.32 Å². The molecule has 2 atom stereocenters. The standard InChI is InChI=1S/C12H22N4OS/c1-4-13-12(8-17)6-5-10(7-12)18-11-15-14-9(2)16(11)3/h10,13,17H,4-8H2,1-3H3. The molecule has 0 aliphatic heterocycles. The zero-order valence-electron chi connectivity index (χ0n) is 11.3. The molecule has 2 N–H and O–H groups in total. The first-order valence-corrected chi connectivity index (χ1v) is 7.37. The van der Waals surface area contributed by atoms with E-state index in [0.717, 1.165) is 36.8 Å². The Balaban J connectivity index is 1.99. The smallest absolute Gasteiger partial charge is 0.191 e. The van der Waals surface area contributed by atoms with Crippen LogP contribution in [0, 0.1) is 6.92 Å². The average Bonchev–Trinajstić information content (AvgIpc) is 2.90. The van der Waals surface area contributed by atoms with Crippen molar-refractivity contribution in [3.8, 4) is 0 Å². The van der Waals surface area contributed by atoms with Crippen molar-refractivity contribution in [1.82, 2.24) is 20.1 Å². The third kappa shape index (κ3) is 2.70. The number of nitrogens with one attached hydrogen (secondary N) is 1. The molecule has 2 unspecified atom stereocenters. The number of aliphatic hydroxyl groups excluding tert-OH is 1. The summed E-state index contributed by atoms with van der Waals surface area (Å²) in [6.45, 7) is 5.17. The summed E-state index contributed by atoms with van der Waals surface area (Å²) in [4.78, 5) is 0. The van der Waals surface area contributed by atoms with Crippen LogP contribution in [0.25, 0.3) is 0 Å². The molecule has 1 fully saturated rings. The summed E-state index contributed by atoms with van der Waals surface area (Å²) in [7, 11) is 2.00. The van der Waals surface area contributed by atoms with E-state index in [-0.39, 0.29) is 12.1 Å². The SMILES string of the molecule is CCNC1(CO)CCC(Sc2nnc(C)n2C)C1. The predicted molar refractivity (Wildman–Crippen MR) is 72.7 cm³/mol. The first-order valence-electron chi connectivity index (χ1n) is 6.49. The van der Waals surface area contributed by atoms with E-state index < -0.39 is 0 Å². The zero-order chi connectivity index (χ0) is 13.2. The molecule has 0 radical (unpaired) electrons. The lowest BCUT2D eigenvalue weighted by molar-refractivity contribution is 0.167. The van der Waals surface area contributed by atoms with Crippen molar-refractivity contribution in [1.29, 1.82) is 0 Å². The topological polar surface area (TPSA) is 63.0 Å². The lowest BCUT2D eigenvalue weighted by atomic mass is 9.99. The molecule has 1 saturated carbocycles. The number of rotatable bonds is 5. The highest BCUT2D eigenvalue weighted by atomic mass is 32.2. The Hall–Kier alpha value is -0.590. The molecule has 0 spiro atoms. The fourth-order valence-electron chi connectivity index (χ4n) is 2.55. The molecular formula is C12H22N4OS. The monoisotopic (exact) mass is 270 g/mol. The fourth-order valence-corrected chi connectivity index (χ4v) is 3.87. The van der Waals surface area contributed by atoms with E-state index in [4.69, 9.17) is 0 Å². The van der Waals surface area contributed by atoms with Crippen LogP contribution in [0.2, 0.25) is 0 Å². The van der Waals surface area contributed by atoms with Crippen LogP contribution >= 0.6 is 11.8 Å². The third-order valence-corrected chi connectivity index (χ3v) is 5.04. The predicted octanol–water partition coefficient (Wildman–Crippen LogP) is 1.11. The van der Waals surface area contributed by atoms with Crippen LogP contribution in [0.3, 0.4) is 0 Å². The normalized spacial score (nSPS) is 27.9. The Morgan fingerprint density at radius 3 is 2.89 bits per heavy atom. The van der Waals surface area contributed by atoms with Crippen LogP contribution in [0.4, 0.5) is 0 Å². The van der Waals surface area contributed by atoms with Crippen molar-refractivity contribution >= 4 is 11.8 Å². The van der Waals surface area contributed by atoms with Gasteiger partial charge < -0.3 is 15.0 Å². The van der Waals surface area contributed by atoms with Crippen LogP contribution in [0.5, 0.6) is 0 Å². The minimum atomic E-state index is -0.0833. The maximum atomic E-state index is 9.59. The van der Waals surface area contributed by atoms with Gasteiger partial charge in [0.25, 0.3) is 0 Å². The number of likely N-dealkylation sites (N-methyl/N-ethyl adjacent to an activating group) is 1. The van der Waals surface area contributed by atoms with Gasteiger partial charge in [-0.2, -0.15) is 0 Å². The molecule has 0 saturated heterocycles. The maximum absolute atomic E-state index is 9.59. The average molecular weight is 270 g/mol. The number of aliphatic hydroxyl groups is 1. The zero-order valence-corrected chi connectivity index (χ0v) is 12.1. The van der Waals surface area contributed by atoms with Gasteiger partial charge in [-0.25, -0.2) is 0 Å². The third-order valence-electron chi connectivity index (χ3n) is 3.74. The van der Waals surface area contributed by atoms with Gasteiger partial charge >= 0.3 is 0 Å². The van der Waals surface area contributed by atoms with Crippen LogP contribution in [-0.4, -0.2) is 43.8 Å². The molecule has 102 valence electrons. The molecule has 2 rings (SSSR count). The van der Waals surface area contributed by atoms with Gasteiger partial charge in [-0.05, 0) is 32.7 Å². The minimum Gasteiger partial charge on any atom is -0.394 e. The molecule has 0 amide bonds. The first-order chi connectivity index (χ1) is 8.60. The van der Waals surface area contributed by atoms with Crippen molar-refractivity contribution in [2.45, 2.75) is 49.1 Å². The lowest BCUT2D eigenvalue weighted by Gasteiger charge is -2.27. The van der Waals surface area contributed by atoms with Crippen LogP contribution in [0.15, 0.2) is 5.16 Å². The van der Waals surface area contributed by atoms with Crippen molar-refractivity contribution in [3.05, 3.63) is 5.82 Å². The molecule has 6 heteroatoms. The molecule has 18 heavy (non-hydrogen) atoms. The number of hydrogen-bond acceptors (Lipinski definition) is 5. The summed E-state index contributed by atoms with van der Waals surface area (Å²) in [5.41, 5.74) is -0.0833. The summed E-state index contributed by atoms with van der Waals surface area (Å²) in [6, 6.07) is 0. The molecule has 0 bridgehead atoms. The van der Waals surface area contributed by atoms with Crippen molar-refractivity contribution < 1.29 is 5.11 Å². The van der Waals surface area contributed by atoms with Gasteiger partial charge in [0.15, 0.2) is 5.16 Å². The molecule has 1 heterocycles. The Labute approximate surface area is 112 Å². The Kier molecular flexibility index (Phi) is 4.29. The fraction of sp³-hybridized carbons (Fsp3) is 0.833. The second-order valence-corrected chi connectivity index (χ2v) is 6.31. The van der Waals surface area contributed by atoms with Crippen LogP contribution in [-0.2, 0) is 7.05 Å². The Morgan fingerprint density at radius 1 is 1.56 bits per heavy atom. The molecule has 5 nitrogen and oxygen atoms in total. The molecular weight excluding hydrogens is 248 g/mol. The number of thioether (sulfide) groups is 1. The summed E-state index contributed by atoms with van der Waals surface area (Å²) < 4.78 is 2.02. The summed E-state index contributed by atoms with van der Waals surface area (Å²) in [5.74, 6) is 0.940. The second-order valence-electron chi connectivity index (χ2n) is 5.04. The van der Waals surface area contributed by atoms with E-state index in [2.05, 4.69) is 22.4 Å². The van der Waals surface area contributed by atoms with E-state index >= 15 is 0 Å². The lowest BCUT2D eigenvalue weighted by Crippen LogP contribution is -2.46. The summed E-state index contributed by atoms with van der Waals surface area (Å²) >= 11 is 1.78. The molecule has 1 aliphatic rings. The van der Waals surface area contributed by atoms with Gasteiger partial charge in [0.05, 0.1) is 6.61 Å². The molecule has 1 aromatic rings. The van der Waals surface area contributed by atoms with E-state index in [1.165, 1.54) is 0 Å². The van der Waals surface area contributed by atoms with Gasteiger partial charge in [0.1, 0.15) is 5.82 Å². The van der Waals surface area contributed by atoms with E-state index in [1.807, 2.05) is 18.5 Å². The van der Waals surface area contributed by atoms with Crippen molar-refractivity contribution in [3.63, 3.8) is 0 Å². The summed E-state index contributed by atoms with van der Waals surface area (Å²) in [6.07, 6.45) is 3.14. The van der Waals surface area contributed by atoms with Gasteiger partial charge in [0.2, 0.25) is 0 Å². The van der Waals surface area contributed by atoms with Crippen LogP contribution in [0.1, 0.15) is 32.0 Å². The van der Waals surface area contributed by atoms with Gasteiger partial charge in [-0.1, -0.05) is 18.7 Å². The van der Waals surface area contributed by atoms with E-state index in [1.54, 1.807) is 11.8 Å². The molecule has 0 aromatic carbocycles. The number of nitrogens with zero attached hydrogens (tertiary/aromatic N) is 3. The number of hydrogen-bond donors (Lipinski definition) is 2. The largest absolute Gasteiger partial charge is 0.394 e. The second kappa shape index (κ2) is 5.59. The van der Waals surface area contributed by atoms with Gasteiger partial charge in [-0.15, -0.1) is 10.2 Å². The minimum absolute atomic E-state index is 0.0833. The molecule has 1 aliphatic carbocycles. The highest BCUT2D eigenvalue weighted by Gasteiger charge is 2.38. The number of aromatic nitrogens is 3. The number of aryl methyl sites for hydroxylation is 1.